The highest BCUT2D eigenvalue weighted by molar-refractivity contribution is 6.28. The van der Waals surface area contributed by atoms with Gasteiger partial charge in [-0.05, 0) is 79.5 Å². The van der Waals surface area contributed by atoms with E-state index in [1.54, 1.807) is 30.3 Å². The normalized spacial score (nSPS) is 17.6. The predicted octanol–water partition coefficient (Wildman–Crippen LogP) is 5.17. The monoisotopic (exact) mass is 439 g/mol. The van der Waals surface area contributed by atoms with E-state index in [9.17, 15) is 9.59 Å². The molecule has 0 spiro atoms. The van der Waals surface area contributed by atoms with Gasteiger partial charge in [-0.1, -0.05) is 42.5 Å². The van der Waals surface area contributed by atoms with Crippen LogP contribution < -0.4 is 15.0 Å². The van der Waals surface area contributed by atoms with Crippen molar-refractivity contribution in [2.24, 2.45) is 0 Å². The molecule has 33 heavy (non-hydrogen) atoms. The number of urea groups is 1. The van der Waals surface area contributed by atoms with Crippen LogP contribution in [0.4, 0.5) is 10.5 Å². The Morgan fingerprint density at radius 3 is 2.18 bits per heavy atom. The van der Waals surface area contributed by atoms with Gasteiger partial charge in [-0.15, -0.1) is 0 Å². The maximum absolute atomic E-state index is 12.9. The van der Waals surface area contributed by atoms with E-state index in [1.807, 2.05) is 42.5 Å². The first kappa shape index (κ1) is 21.0. The van der Waals surface area contributed by atoms with Crippen molar-refractivity contribution < 1.29 is 14.3 Å². The van der Waals surface area contributed by atoms with E-state index in [2.05, 4.69) is 22.3 Å². The number of hydrogen-bond acceptors (Lipinski definition) is 4. The Kier molecular flexibility index (Phi) is 5.91. The maximum atomic E-state index is 12.9. The number of benzene rings is 3. The van der Waals surface area contributed by atoms with Gasteiger partial charge in [-0.25, -0.2) is 9.69 Å². The molecule has 6 heteroatoms. The highest BCUT2D eigenvalue weighted by Crippen LogP contribution is 2.27. The summed E-state index contributed by atoms with van der Waals surface area (Å²) in [5.74, 6) is 0.969. The molecule has 166 valence electrons. The van der Waals surface area contributed by atoms with Crippen LogP contribution in [0.3, 0.4) is 0 Å². The van der Waals surface area contributed by atoms with Crippen LogP contribution in [0.25, 0.3) is 6.08 Å². The van der Waals surface area contributed by atoms with Crippen LogP contribution in [-0.2, 0) is 11.3 Å². The molecule has 0 radical (unpaired) electrons. The van der Waals surface area contributed by atoms with Gasteiger partial charge in [0, 0.05) is 6.54 Å². The van der Waals surface area contributed by atoms with Gasteiger partial charge in [-0.2, -0.15) is 0 Å². The second-order valence-electron chi connectivity index (χ2n) is 8.26. The molecule has 3 aromatic rings. The van der Waals surface area contributed by atoms with Gasteiger partial charge in [0.1, 0.15) is 17.2 Å². The van der Waals surface area contributed by atoms with E-state index in [1.165, 1.54) is 18.4 Å². The summed E-state index contributed by atoms with van der Waals surface area (Å²) < 4.78 is 5.78. The molecule has 0 bridgehead atoms. The smallest absolute Gasteiger partial charge is 0.333 e. The van der Waals surface area contributed by atoms with Gasteiger partial charge in [0.2, 0.25) is 0 Å². The van der Waals surface area contributed by atoms with Gasteiger partial charge in [0.25, 0.3) is 5.91 Å². The topological polar surface area (TPSA) is 61.9 Å². The number of carbonyl (C=O) groups excluding carboxylic acids is 2. The number of nitrogens with zero attached hydrogens (tertiary/aromatic N) is 2. The van der Waals surface area contributed by atoms with E-state index in [0.29, 0.717) is 11.4 Å². The summed E-state index contributed by atoms with van der Waals surface area (Å²) in [7, 11) is 0. The van der Waals surface area contributed by atoms with Gasteiger partial charge in [-0.3, -0.25) is 9.69 Å². The second-order valence-corrected chi connectivity index (χ2v) is 8.26. The molecule has 0 aliphatic carbocycles. The molecule has 1 N–H and O–H groups in total. The number of anilines is 1. The molecule has 0 unspecified atom stereocenters. The van der Waals surface area contributed by atoms with Gasteiger partial charge >= 0.3 is 6.03 Å². The van der Waals surface area contributed by atoms with Crippen LogP contribution in [0.2, 0.25) is 0 Å². The molecule has 0 saturated carbocycles. The lowest BCUT2D eigenvalue weighted by atomic mass is 10.1. The zero-order valence-electron chi connectivity index (χ0n) is 18.2. The number of rotatable bonds is 6. The minimum Gasteiger partial charge on any atom is -0.457 e. The Morgan fingerprint density at radius 2 is 1.48 bits per heavy atom. The van der Waals surface area contributed by atoms with Crippen molar-refractivity contribution in [2.75, 3.05) is 18.0 Å². The molecule has 3 amide bonds. The molecule has 3 aromatic carbocycles. The Bertz CT molecular complexity index is 1170. The third-order valence-electron chi connectivity index (χ3n) is 5.85. The Labute approximate surface area is 193 Å². The molecule has 2 saturated heterocycles. The number of amides is 3. The molecule has 5 rings (SSSR count). The van der Waals surface area contributed by atoms with E-state index in [0.717, 1.165) is 35.8 Å². The van der Waals surface area contributed by atoms with Crippen LogP contribution in [0.15, 0.2) is 84.6 Å². The number of imide groups is 1. The van der Waals surface area contributed by atoms with Crippen LogP contribution in [0.5, 0.6) is 11.5 Å². The zero-order chi connectivity index (χ0) is 22.6. The Hall–Kier alpha value is -3.90. The second kappa shape index (κ2) is 9.30. The largest absolute Gasteiger partial charge is 0.457 e. The zero-order valence-corrected chi connectivity index (χ0v) is 18.2. The number of carbonyl (C=O) groups is 2. The lowest BCUT2D eigenvalue weighted by molar-refractivity contribution is -0.113. The van der Waals surface area contributed by atoms with Crippen LogP contribution >= 0.6 is 0 Å². The highest BCUT2D eigenvalue weighted by atomic mass is 16.5. The van der Waals surface area contributed by atoms with Gasteiger partial charge in [0.15, 0.2) is 0 Å². The summed E-state index contributed by atoms with van der Waals surface area (Å²) >= 11 is 0. The summed E-state index contributed by atoms with van der Waals surface area (Å²) in [5.41, 5.74) is 2.87. The number of para-hydroxylation sites is 1. The van der Waals surface area contributed by atoms with E-state index in [-0.39, 0.29) is 11.6 Å². The van der Waals surface area contributed by atoms with Crippen molar-refractivity contribution in [2.45, 2.75) is 19.4 Å². The number of nitrogens with one attached hydrogen (secondary N) is 1. The van der Waals surface area contributed by atoms with E-state index in [4.69, 9.17) is 4.74 Å². The van der Waals surface area contributed by atoms with Crippen molar-refractivity contribution >= 4 is 23.7 Å². The number of ether oxygens (including phenoxy) is 1. The first-order valence-corrected chi connectivity index (χ1v) is 11.2. The van der Waals surface area contributed by atoms with Crippen molar-refractivity contribution in [3.8, 4) is 11.5 Å². The molecule has 2 aliphatic heterocycles. The molecular weight excluding hydrogens is 414 g/mol. The number of likely N-dealkylation sites (tertiary alicyclic amines) is 1. The fraction of sp³-hybridized carbons (Fsp3) is 0.185. The van der Waals surface area contributed by atoms with E-state index < -0.39 is 6.03 Å². The molecule has 2 aliphatic rings. The Morgan fingerprint density at radius 1 is 0.818 bits per heavy atom. The molecule has 2 heterocycles. The van der Waals surface area contributed by atoms with Crippen LogP contribution in [0, 0.1) is 0 Å². The lowest BCUT2D eigenvalue weighted by Crippen LogP contribution is -2.30. The maximum Gasteiger partial charge on any atom is 0.333 e. The Balaban J connectivity index is 1.27. The average Bonchev–Trinajstić information content (AvgIpc) is 3.44. The molecule has 0 atom stereocenters. The van der Waals surface area contributed by atoms with E-state index >= 15 is 0 Å². The fourth-order valence-electron chi connectivity index (χ4n) is 4.14. The minimum absolute atomic E-state index is 0.261. The molecular formula is C27H25N3O3. The fourth-order valence-corrected chi connectivity index (χ4v) is 4.14. The lowest BCUT2D eigenvalue weighted by Gasteiger charge is -2.14. The highest BCUT2D eigenvalue weighted by Gasteiger charge is 2.34. The summed E-state index contributed by atoms with van der Waals surface area (Å²) in [5, 5.41) is 2.69. The van der Waals surface area contributed by atoms with Crippen molar-refractivity contribution in [1.82, 2.24) is 10.2 Å². The third kappa shape index (κ3) is 4.81. The summed E-state index contributed by atoms with van der Waals surface area (Å²) in [6.07, 6.45) is 4.25. The van der Waals surface area contributed by atoms with Crippen LogP contribution in [0.1, 0.15) is 24.0 Å². The standard InChI is InChI=1S/C27H25N3O3/c31-26-25(18-20-8-10-21(11-9-20)19-29-16-4-5-17-29)28-27(32)30(26)22-12-14-24(15-13-22)33-23-6-2-1-3-7-23/h1-3,6-15,18H,4-5,16-17,19H2,(H,28,32). The SMILES string of the molecule is O=C1NC(=Cc2ccc(CN3CCCC3)cc2)C(=O)N1c1ccc(Oc2ccccc2)cc1. The summed E-state index contributed by atoms with van der Waals surface area (Å²) in [6.45, 7) is 3.26. The summed E-state index contributed by atoms with van der Waals surface area (Å²) in [4.78, 5) is 29.0. The molecule has 2 fully saturated rings. The first-order valence-electron chi connectivity index (χ1n) is 11.2. The quantitative estimate of drug-likeness (QED) is 0.425. The third-order valence-corrected chi connectivity index (χ3v) is 5.85. The van der Waals surface area contributed by atoms with Crippen molar-refractivity contribution in [3.63, 3.8) is 0 Å². The predicted molar refractivity (Wildman–Crippen MR) is 128 cm³/mol. The average molecular weight is 440 g/mol. The summed E-state index contributed by atoms with van der Waals surface area (Å²) in [6, 6.07) is 24.0. The van der Waals surface area contributed by atoms with Gasteiger partial charge in [0.05, 0.1) is 5.69 Å². The molecule has 6 nitrogen and oxygen atoms in total. The number of hydrogen-bond donors (Lipinski definition) is 1. The first-order chi connectivity index (χ1) is 16.2. The van der Waals surface area contributed by atoms with Crippen molar-refractivity contribution in [3.05, 3.63) is 95.7 Å². The minimum atomic E-state index is -0.464. The van der Waals surface area contributed by atoms with Gasteiger partial charge < -0.3 is 10.1 Å². The van der Waals surface area contributed by atoms with Crippen molar-refractivity contribution in [1.29, 1.82) is 0 Å². The molecule has 0 aromatic heterocycles. The van der Waals surface area contributed by atoms with Crippen LogP contribution in [-0.4, -0.2) is 29.9 Å².